The first-order chi connectivity index (χ1) is 25.6. The van der Waals surface area contributed by atoms with Crippen molar-refractivity contribution in [1.29, 1.82) is 0 Å². The van der Waals surface area contributed by atoms with Crippen molar-refractivity contribution in [2.45, 2.75) is 39.9 Å². The number of ether oxygens (including phenoxy) is 3. The molecule has 53 heavy (non-hydrogen) atoms. The molecule has 0 aliphatic heterocycles. The van der Waals surface area contributed by atoms with Gasteiger partial charge in [-0.15, -0.1) is 0 Å². The molecule has 0 bridgehead atoms. The Bertz CT molecular complexity index is 2160. The average molecular weight is 749 g/mol. The van der Waals surface area contributed by atoms with E-state index in [1.54, 1.807) is 30.3 Å². The number of hydrogen-bond donors (Lipinski definition) is 0. The Kier molecular flexibility index (Phi) is 13.6. The number of hydrogen-bond acceptors (Lipinski definition) is 6. The highest BCUT2D eigenvalue weighted by molar-refractivity contribution is 6.31. The molecule has 0 aliphatic rings. The summed E-state index contributed by atoms with van der Waals surface area (Å²) in [7, 11) is 1.38. The molecular formula is C44H39Cl2NO6. The zero-order valence-electron chi connectivity index (χ0n) is 29.7. The van der Waals surface area contributed by atoms with E-state index in [9.17, 15) is 14.4 Å². The van der Waals surface area contributed by atoms with Gasteiger partial charge in [-0.3, -0.25) is 4.79 Å². The predicted molar refractivity (Wildman–Crippen MR) is 210 cm³/mol. The molecule has 0 unspecified atom stereocenters. The van der Waals surface area contributed by atoms with E-state index in [2.05, 4.69) is 4.57 Å². The minimum absolute atomic E-state index is 0.0119. The Morgan fingerprint density at radius 1 is 0.642 bits per heavy atom. The summed E-state index contributed by atoms with van der Waals surface area (Å²) in [4.78, 5) is 35.1. The molecule has 0 N–H and O–H groups in total. The minimum atomic E-state index is -0.359. The van der Waals surface area contributed by atoms with Gasteiger partial charge >= 0.3 is 5.97 Å². The Balaban J connectivity index is 0.000000217. The van der Waals surface area contributed by atoms with Gasteiger partial charge in [0.2, 0.25) is 0 Å². The van der Waals surface area contributed by atoms with Crippen LogP contribution < -0.4 is 9.47 Å². The van der Waals surface area contributed by atoms with Crippen LogP contribution in [0.3, 0.4) is 0 Å². The summed E-state index contributed by atoms with van der Waals surface area (Å²) >= 11 is 12.3. The van der Waals surface area contributed by atoms with E-state index in [0.29, 0.717) is 40.1 Å². The summed E-state index contributed by atoms with van der Waals surface area (Å²) in [6.07, 6.45) is 0.390. The molecule has 0 radical (unpaired) electrons. The van der Waals surface area contributed by atoms with E-state index >= 15 is 0 Å². The molecule has 0 fully saturated rings. The van der Waals surface area contributed by atoms with Gasteiger partial charge < -0.3 is 23.6 Å². The SMILES string of the molecule is CC(=O)CCC(=O)c1cc(Cl)ccc1OCc1ccccc1.COC(=O)c1ccc(-n2c(C)ccc2-c2cc(Cl)ccc2OCc2ccccc2)cc1. The topological polar surface area (TPSA) is 83.8 Å². The van der Waals surface area contributed by atoms with Crippen LogP contribution in [0, 0.1) is 6.92 Å². The van der Waals surface area contributed by atoms with Crippen LogP contribution in [0.15, 0.2) is 133 Å². The van der Waals surface area contributed by atoms with E-state index in [1.165, 1.54) is 14.0 Å². The largest absolute Gasteiger partial charge is 0.488 e. The molecule has 6 aromatic rings. The molecule has 270 valence electrons. The number of nitrogens with zero attached hydrogens (tertiary/aromatic N) is 1. The number of Topliss-reactive ketones (excluding diaryl/α,β-unsaturated/α-hetero) is 2. The van der Waals surface area contributed by atoms with E-state index < -0.39 is 0 Å². The molecule has 0 spiro atoms. The Labute approximate surface area is 319 Å². The summed E-state index contributed by atoms with van der Waals surface area (Å²) < 4.78 is 18.8. The van der Waals surface area contributed by atoms with Crippen LogP contribution in [-0.2, 0) is 22.7 Å². The predicted octanol–water partition coefficient (Wildman–Crippen LogP) is 10.9. The Hall–Kier alpha value is -5.63. The fourth-order valence-electron chi connectivity index (χ4n) is 5.53. The highest BCUT2D eigenvalue weighted by atomic mass is 35.5. The van der Waals surface area contributed by atoms with E-state index in [1.807, 2.05) is 110 Å². The smallest absolute Gasteiger partial charge is 0.337 e. The standard InChI is InChI=1S/C26H22ClNO3.C18H17ClO3/c1-18-8-14-24(28(18)22-12-9-20(10-13-22)26(29)30-2)23-16-21(27)11-15-25(23)31-17-19-6-4-3-5-7-19;1-13(20)7-9-17(21)16-11-15(19)8-10-18(16)22-12-14-5-3-2-4-6-14/h3-16H,17H2,1-2H3;2-6,8,10-11H,7,9,12H2,1H3. The van der Waals surface area contributed by atoms with Crippen molar-refractivity contribution in [1.82, 2.24) is 4.57 Å². The Morgan fingerprint density at radius 3 is 1.79 bits per heavy atom. The van der Waals surface area contributed by atoms with Crippen molar-refractivity contribution in [3.63, 3.8) is 0 Å². The van der Waals surface area contributed by atoms with Crippen molar-refractivity contribution in [3.8, 4) is 28.4 Å². The van der Waals surface area contributed by atoms with Crippen LogP contribution in [0.4, 0.5) is 0 Å². The molecule has 1 heterocycles. The minimum Gasteiger partial charge on any atom is -0.488 e. The lowest BCUT2D eigenvalue weighted by Crippen LogP contribution is -2.06. The van der Waals surface area contributed by atoms with Gasteiger partial charge in [-0.1, -0.05) is 83.9 Å². The first-order valence-corrected chi connectivity index (χ1v) is 17.7. The van der Waals surface area contributed by atoms with Crippen LogP contribution in [0.1, 0.15) is 57.3 Å². The molecule has 0 atom stereocenters. The van der Waals surface area contributed by atoms with E-state index in [4.69, 9.17) is 37.4 Å². The molecule has 0 aliphatic carbocycles. The first kappa shape index (κ1) is 38.6. The number of rotatable bonds is 13. The number of methoxy groups -OCH3 is 1. The Morgan fingerprint density at radius 2 is 1.21 bits per heavy atom. The third-order valence-electron chi connectivity index (χ3n) is 8.26. The molecular weight excluding hydrogens is 709 g/mol. The third kappa shape index (κ3) is 10.7. The lowest BCUT2D eigenvalue weighted by atomic mass is 10.0. The van der Waals surface area contributed by atoms with Crippen molar-refractivity contribution >= 4 is 40.7 Å². The van der Waals surface area contributed by atoms with Gasteiger partial charge in [0, 0.05) is 39.8 Å². The van der Waals surface area contributed by atoms with Gasteiger partial charge in [0.05, 0.1) is 23.9 Å². The lowest BCUT2D eigenvalue weighted by Gasteiger charge is -2.16. The summed E-state index contributed by atoms with van der Waals surface area (Å²) in [6, 6.07) is 41.7. The normalized spacial score (nSPS) is 10.5. The van der Waals surface area contributed by atoms with Crippen molar-refractivity contribution in [3.05, 3.63) is 171 Å². The number of halogens is 2. The van der Waals surface area contributed by atoms with Crippen molar-refractivity contribution in [2.75, 3.05) is 7.11 Å². The number of carbonyl (C=O) groups excluding carboxylic acids is 3. The third-order valence-corrected chi connectivity index (χ3v) is 8.73. The average Bonchev–Trinajstić information content (AvgIpc) is 3.57. The number of carbonyl (C=O) groups is 3. The zero-order valence-corrected chi connectivity index (χ0v) is 31.2. The number of aryl methyl sites for hydroxylation is 1. The van der Waals surface area contributed by atoms with Gasteiger partial charge in [0.15, 0.2) is 5.78 Å². The zero-order chi connectivity index (χ0) is 37.7. The van der Waals surface area contributed by atoms with Crippen LogP contribution in [0.25, 0.3) is 16.9 Å². The van der Waals surface area contributed by atoms with Gasteiger partial charge in [-0.25, -0.2) is 4.79 Å². The van der Waals surface area contributed by atoms with Crippen LogP contribution >= 0.6 is 23.2 Å². The number of ketones is 2. The van der Waals surface area contributed by atoms with Crippen LogP contribution in [-0.4, -0.2) is 29.2 Å². The maximum absolute atomic E-state index is 12.2. The number of aromatic nitrogens is 1. The molecule has 6 rings (SSSR count). The molecule has 1 aromatic heterocycles. The summed E-state index contributed by atoms with van der Waals surface area (Å²) in [5, 5.41) is 1.10. The number of benzene rings is 5. The van der Waals surface area contributed by atoms with E-state index in [-0.39, 0.29) is 30.4 Å². The van der Waals surface area contributed by atoms with Gasteiger partial charge in [0.1, 0.15) is 30.5 Å². The highest BCUT2D eigenvalue weighted by Gasteiger charge is 2.17. The van der Waals surface area contributed by atoms with Gasteiger partial charge in [0.25, 0.3) is 0 Å². The molecule has 0 saturated heterocycles. The van der Waals surface area contributed by atoms with Gasteiger partial charge in [-0.05, 0) is 97.8 Å². The maximum Gasteiger partial charge on any atom is 0.337 e. The van der Waals surface area contributed by atoms with Crippen molar-refractivity contribution < 1.29 is 28.6 Å². The molecule has 0 saturated carbocycles. The summed E-state index contributed by atoms with van der Waals surface area (Å²) in [5.74, 6) is 0.728. The first-order valence-electron chi connectivity index (χ1n) is 17.0. The quantitative estimate of drug-likeness (QED) is 0.0864. The van der Waals surface area contributed by atoms with Gasteiger partial charge in [-0.2, -0.15) is 0 Å². The van der Waals surface area contributed by atoms with Crippen molar-refractivity contribution in [2.24, 2.45) is 0 Å². The molecule has 9 heteroatoms. The molecule has 0 amide bonds. The summed E-state index contributed by atoms with van der Waals surface area (Å²) in [5.41, 5.74) is 6.86. The van der Waals surface area contributed by atoms with Crippen LogP contribution in [0.2, 0.25) is 10.0 Å². The second-order valence-electron chi connectivity index (χ2n) is 12.2. The molecule has 7 nitrogen and oxygen atoms in total. The summed E-state index contributed by atoms with van der Waals surface area (Å²) in [6.45, 7) is 4.34. The second kappa shape index (κ2) is 18.7. The second-order valence-corrected chi connectivity index (χ2v) is 13.1. The highest BCUT2D eigenvalue weighted by Crippen LogP contribution is 2.36. The fourth-order valence-corrected chi connectivity index (χ4v) is 5.87. The van der Waals surface area contributed by atoms with Crippen LogP contribution in [0.5, 0.6) is 11.5 Å². The number of esters is 1. The lowest BCUT2D eigenvalue weighted by molar-refractivity contribution is -0.117. The monoisotopic (exact) mass is 747 g/mol. The molecule has 5 aromatic carbocycles. The maximum atomic E-state index is 12.2. The van der Waals surface area contributed by atoms with E-state index in [0.717, 1.165) is 39.5 Å². The fraction of sp³-hybridized carbons (Fsp3) is 0.159.